The normalized spacial score (nSPS) is 10.5. The lowest BCUT2D eigenvalue weighted by Gasteiger charge is -2.08. The van der Waals surface area contributed by atoms with Crippen LogP contribution < -0.4 is 4.74 Å². The Morgan fingerprint density at radius 3 is 2.60 bits per heavy atom. The van der Waals surface area contributed by atoms with Gasteiger partial charge >= 0.3 is 5.97 Å². The van der Waals surface area contributed by atoms with Gasteiger partial charge in [-0.2, -0.15) is 0 Å². The number of benzene rings is 1. The molecule has 1 aromatic carbocycles. The number of rotatable bonds is 6. The number of aryl methyl sites for hydroxylation is 1. The van der Waals surface area contributed by atoms with Crippen LogP contribution in [0.3, 0.4) is 0 Å². The second kappa shape index (κ2) is 6.48. The fourth-order valence-corrected chi connectivity index (χ4v) is 2.10. The zero-order valence-electron chi connectivity index (χ0n) is 11.2. The molecular formula is C15H16ClNO3. The van der Waals surface area contributed by atoms with Crippen molar-refractivity contribution >= 4 is 17.6 Å². The number of aromatic carboxylic acids is 1. The van der Waals surface area contributed by atoms with Gasteiger partial charge in [-0.15, -0.1) is 0 Å². The Kier molecular flexibility index (Phi) is 4.69. The highest BCUT2D eigenvalue weighted by atomic mass is 35.5. The Balaban J connectivity index is 1.81. The van der Waals surface area contributed by atoms with Crippen LogP contribution >= 0.6 is 11.6 Å². The quantitative estimate of drug-likeness (QED) is 0.828. The molecule has 5 heteroatoms. The van der Waals surface area contributed by atoms with Gasteiger partial charge in [0.1, 0.15) is 5.75 Å². The topological polar surface area (TPSA) is 51.5 Å². The van der Waals surface area contributed by atoms with Crippen molar-refractivity contribution in [3.05, 3.63) is 52.8 Å². The summed E-state index contributed by atoms with van der Waals surface area (Å²) in [5.41, 5.74) is 1.12. The maximum atomic E-state index is 10.9. The van der Waals surface area contributed by atoms with E-state index in [1.54, 1.807) is 24.4 Å². The first-order valence-electron chi connectivity index (χ1n) is 6.35. The number of carboxylic acid groups (broad SMARTS) is 1. The molecule has 1 N–H and O–H groups in total. The highest BCUT2D eigenvalue weighted by Gasteiger charge is 2.10. The van der Waals surface area contributed by atoms with Crippen LogP contribution in [0.1, 0.15) is 22.5 Å². The number of carbonyl (C=O) groups is 1. The van der Waals surface area contributed by atoms with E-state index < -0.39 is 5.97 Å². The molecule has 0 aliphatic heterocycles. The lowest BCUT2D eigenvalue weighted by Crippen LogP contribution is -2.06. The van der Waals surface area contributed by atoms with Crippen LogP contribution in [0.5, 0.6) is 5.75 Å². The van der Waals surface area contributed by atoms with Gasteiger partial charge in [0.25, 0.3) is 0 Å². The van der Waals surface area contributed by atoms with Gasteiger partial charge in [-0.25, -0.2) is 4.79 Å². The Hall–Kier alpha value is -1.94. The molecule has 0 saturated heterocycles. The first kappa shape index (κ1) is 14.5. The van der Waals surface area contributed by atoms with Crippen molar-refractivity contribution in [3.8, 4) is 5.75 Å². The number of hydrogen-bond acceptors (Lipinski definition) is 2. The molecule has 1 aromatic heterocycles. The van der Waals surface area contributed by atoms with Crippen molar-refractivity contribution in [2.24, 2.45) is 0 Å². The van der Waals surface area contributed by atoms with Gasteiger partial charge in [0.15, 0.2) is 0 Å². The fraction of sp³-hybridized carbons (Fsp3) is 0.267. The molecule has 20 heavy (non-hydrogen) atoms. The first-order valence-corrected chi connectivity index (χ1v) is 6.73. The molecule has 0 atom stereocenters. The molecule has 0 radical (unpaired) electrons. The minimum atomic E-state index is -0.890. The molecule has 0 bridgehead atoms. The highest BCUT2D eigenvalue weighted by Crippen LogP contribution is 2.16. The molecule has 0 spiro atoms. The largest absolute Gasteiger partial charge is 0.494 e. The van der Waals surface area contributed by atoms with Crippen LogP contribution in [0.15, 0.2) is 36.5 Å². The molecule has 0 saturated carbocycles. The minimum absolute atomic E-state index is 0.351. The third-order valence-corrected chi connectivity index (χ3v) is 3.35. The zero-order valence-corrected chi connectivity index (χ0v) is 11.9. The van der Waals surface area contributed by atoms with E-state index in [0.717, 1.165) is 24.4 Å². The standard InChI is InChI=1S/C15H16ClNO3/c1-11-14(15(18)19)7-9-17(11)8-2-10-20-13-5-3-12(16)4-6-13/h3-7,9H,2,8,10H2,1H3,(H,18,19). The Morgan fingerprint density at radius 2 is 2.00 bits per heavy atom. The monoisotopic (exact) mass is 293 g/mol. The van der Waals surface area contributed by atoms with E-state index in [2.05, 4.69) is 0 Å². The maximum absolute atomic E-state index is 10.9. The van der Waals surface area contributed by atoms with Crippen LogP contribution in [-0.4, -0.2) is 22.2 Å². The molecular weight excluding hydrogens is 278 g/mol. The van der Waals surface area contributed by atoms with Gasteiger partial charge in [0.05, 0.1) is 12.2 Å². The Morgan fingerprint density at radius 1 is 1.30 bits per heavy atom. The summed E-state index contributed by atoms with van der Waals surface area (Å²) < 4.78 is 7.51. The van der Waals surface area contributed by atoms with Gasteiger partial charge < -0.3 is 14.4 Å². The second-order valence-corrected chi connectivity index (χ2v) is 4.91. The average molecular weight is 294 g/mol. The predicted octanol–water partition coefficient (Wildman–Crippen LogP) is 3.62. The van der Waals surface area contributed by atoms with E-state index in [9.17, 15) is 4.79 Å². The molecule has 106 valence electrons. The van der Waals surface area contributed by atoms with Crippen molar-refractivity contribution in [3.63, 3.8) is 0 Å². The zero-order chi connectivity index (χ0) is 14.5. The van der Waals surface area contributed by atoms with Crippen molar-refractivity contribution in [2.75, 3.05) is 6.61 Å². The lowest BCUT2D eigenvalue weighted by atomic mass is 10.2. The van der Waals surface area contributed by atoms with E-state index in [0.29, 0.717) is 17.2 Å². The summed E-state index contributed by atoms with van der Waals surface area (Å²) in [7, 11) is 0. The lowest BCUT2D eigenvalue weighted by molar-refractivity contribution is 0.0696. The molecule has 4 nitrogen and oxygen atoms in total. The van der Waals surface area contributed by atoms with Crippen LogP contribution in [0.4, 0.5) is 0 Å². The summed E-state index contributed by atoms with van der Waals surface area (Å²) in [4.78, 5) is 10.9. The van der Waals surface area contributed by atoms with Crippen molar-refractivity contribution < 1.29 is 14.6 Å². The van der Waals surface area contributed by atoms with E-state index in [-0.39, 0.29) is 0 Å². The van der Waals surface area contributed by atoms with Crippen molar-refractivity contribution in [1.82, 2.24) is 4.57 Å². The van der Waals surface area contributed by atoms with E-state index in [1.165, 1.54) is 0 Å². The number of halogens is 1. The van der Waals surface area contributed by atoms with E-state index in [1.807, 2.05) is 23.6 Å². The van der Waals surface area contributed by atoms with Crippen molar-refractivity contribution in [1.29, 1.82) is 0 Å². The molecule has 0 amide bonds. The number of ether oxygens (including phenoxy) is 1. The predicted molar refractivity (Wildman–Crippen MR) is 77.7 cm³/mol. The minimum Gasteiger partial charge on any atom is -0.494 e. The summed E-state index contributed by atoms with van der Waals surface area (Å²) in [6.45, 7) is 3.11. The summed E-state index contributed by atoms with van der Waals surface area (Å²) >= 11 is 5.79. The molecule has 2 rings (SSSR count). The molecule has 1 heterocycles. The maximum Gasteiger partial charge on any atom is 0.337 e. The molecule has 0 aliphatic carbocycles. The molecule has 0 aliphatic rings. The fourth-order valence-electron chi connectivity index (χ4n) is 1.98. The number of nitrogens with zero attached hydrogens (tertiary/aromatic N) is 1. The molecule has 2 aromatic rings. The van der Waals surface area contributed by atoms with Crippen LogP contribution in [0.25, 0.3) is 0 Å². The van der Waals surface area contributed by atoms with Gasteiger partial charge in [0, 0.05) is 23.5 Å². The Labute approximate surface area is 122 Å². The van der Waals surface area contributed by atoms with Gasteiger partial charge in [-0.1, -0.05) is 11.6 Å². The summed E-state index contributed by atoms with van der Waals surface area (Å²) in [5.74, 6) is -0.108. The van der Waals surface area contributed by atoms with Crippen LogP contribution in [0.2, 0.25) is 5.02 Å². The van der Waals surface area contributed by atoms with Crippen LogP contribution in [0, 0.1) is 6.92 Å². The average Bonchev–Trinajstić information content (AvgIpc) is 2.78. The smallest absolute Gasteiger partial charge is 0.337 e. The second-order valence-electron chi connectivity index (χ2n) is 4.47. The van der Waals surface area contributed by atoms with E-state index >= 15 is 0 Å². The Bertz CT molecular complexity index is 590. The SMILES string of the molecule is Cc1c(C(=O)O)ccn1CCCOc1ccc(Cl)cc1. The summed E-state index contributed by atoms with van der Waals surface area (Å²) in [5, 5.41) is 9.65. The van der Waals surface area contributed by atoms with E-state index in [4.69, 9.17) is 21.4 Å². The third kappa shape index (κ3) is 3.54. The molecule has 0 fully saturated rings. The first-order chi connectivity index (χ1) is 9.58. The third-order valence-electron chi connectivity index (χ3n) is 3.10. The number of hydrogen-bond donors (Lipinski definition) is 1. The number of aromatic nitrogens is 1. The van der Waals surface area contributed by atoms with Crippen molar-refractivity contribution in [2.45, 2.75) is 19.9 Å². The summed E-state index contributed by atoms with van der Waals surface area (Å²) in [6.07, 6.45) is 2.60. The van der Waals surface area contributed by atoms with Gasteiger partial charge in [-0.3, -0.25) is 0 Å². The number of carboxylic acids is 1. The summed E-state index contributed by atoms with van der Waals surface area (Å²) in [6, 6.07) is 8.84. The van der Waals surface area contributed by atoms with Crippen LogP contribution in [-0.2, 0) is 6.54 Å². The van der Waals surface area contributed by atoms with Gasteiger partial charge in [0.2, 0.25) is 0 Å². The highest BCUT2D eigenvalue weighted by molar-refractivity contribution is 6.30. The van der Waals surface area contributed by atoms with Gasteiger partial charge in [-0.05, 0) is 43.7 Å². The molecule has 0 unspecified atom stereocenters.